The van der Waals surface area contributed by atoms with Gasteiger partial charge in [0.05, 0.1) is 24.6 Å². The summed E-state index contributed by atoms with van der Waals surface area (Å²) in [5.74, 6) is 0.932. The molecular formula is C28H38N2O3. The van der Waals surface area contributed by atoms with E-state index in [1.807, 2.05) is 19.1 Å². The van der Waals surface area contributed by atoms with Gasteiger partial charge in [-0.25, -0.2) is 0 Å². The molecule has 1 fully saturated rings. The lowest BCUT2D eigenvalue weighted by atomic mass is 9.94. The Morgan fingerprint density at radius 1 is 1.06 bits per heavy atom. The average Bonchev–Trinajstić information content (AvgIpc) is 2.79. The molecule has 0 aromatic heterocycles. The van der Waals surface area contributed by atoms with Gasteiger partial charge in [0, 0.05) is 18.8 Å². The minimum absolute atomic E-state index is 0.0212. The highest BCUT2D eigenvalue weighted by atomic mass is 16.5. The molecule has 5 nitrogen and oxygen atoms in total. The van der Waals surface area contributed by atoms with E-state index in [1.165, 1.54) is 37.4 Å². The van der Waals surface area contributed by atoms with E-state index in [0.29, 0.717) is 23.8 Å². The van der Waals surface area contributed by atoms with E-state index < -0.39 is 0 Å². The van der Waals surface area contributed by atoms with Crippen LogP contribution in [0.4, 0.5) is 5.69 Å². The molecule has 0 saturated carbocycles. The smallest absolute Gasteiger partial charge is 0.224 e. The second kappa shape index (κ2) is 11.9. The lowest BCUT2D eigenvalue weighted by Gasteiger charge is -2.33. The molecule has 1 aliphatic heterocycles. The molecule has 0 aliphatic carbocycles. The molecule has 178 valence electrons. The van der Waals surface area contributed by atoms with Crippen LogP contribution in [-0.2, 0) is 11.2 Å². The van der Waals surface area contributed by atoms with Gasteiger partial charge in [-0.15, -0.1) is 0 Å². The fourth-order valence-electron chi connectivity index (χ4n) is 4.61. The van der Waals surface area contributed by atoms with E-state index in [0.717, 1.165) is 25.1 Å². The number of ether oxygens (including phenoxy) is 1. The number of carbonyl (C=O) groups is 2. The fourth-order valence-corrected chi connectivity index (χ4v) is 4.61. The monoisotopic (exact) mass is 450 g/mol. The van der Waals surface area contributed by atoms with E-state index in [-0.39, 0.29) is 24.2 Å². The van der Waals surface area contributed by atoms with Gasteiger partial charge in [0.25, 0.3) is 0 Å². The van der Waals surface area contributed by atoms with Crippen molar-refractivity contribution in [1.82, 2.24) is 5.32 Å². The summed E-state index contributed by atoms with van der Waals surface area (Å²) in [5, 5.41) is 3.31. The van der Waals surface area contributed by atoms with E-state index in [9.17, 15) is 9.59 Å². The van der Waals surface area contributed by atoms with Crippen LogP contribution in [0.3, 0.4) is 0 Å². The molecule has 1 saturated heterocycles. The SMILES string of the molecule is CCOc1cc(CC(=O)N[C@@H](CC(C)C)c2ccccc2N2CCCCC2)ccc1C(C)=O. The van der Waals surface area contributed by atoms with Crippen molar-refractivity contribution in [2.24, 2.45) is 5.92 Å². The molecule has 2 aromatic carbocycles. The Morgan fingerprint density at radius 3 is 2.45 bits per heavy atom. The van der Waals surface area contributed by atoms with Gasteiger partial charge in [0.2, 0.25) is 5.91 Å². The summed E-state index contributed by atoms with van der Waals surface area (Å²) in [7, 11) is 0. The molecule has 1 atom stereocenters. The van der Waals surface area contributed by atoms with E-state index in [1.54, 1.807) is 6.07 Å². The first-order valence-corrected chi connectivity index (χ1v) is 12.3. The molecule has 5 heteroatoms. The van der Waals surface area contributed by atoms with Crippen molar-refractivity contribution in [2.75, 3.05) is 24.6 Å². The van der Waals surface area contributed by atoms with Gasteiger partial charge < -0.3 is 15.0 Å². The topological polar surface area (TPSA) is 58.6 Å². The molecule has 1 aliphatic rings. The maximum atomic E-state index is 13.1. The second-order valence-electron chi connectivity index (χ2n) is 9.35. The highest BCUT2D eigenvalue weighted by Crippen LogP contribution is 2.32. The van der Waals surface area contributed by atoms with Crippen LogP contribution in [0, 0.1) is 5.92 Å². The Hall–Kier alpha value is -2.82. The van der Waals surface area contributed by atoms with Crippen LogP contribution in [0.1, 0.15) is 80.9 Å². The van der Waals surface area contributed by atoms with Gasteiger partial charge in [-0.3, -0.25) is 9.59 Å². The summed E-state index contributed by atoms with van der Waals surface area (Å²) >= 11 is 0. The van der Waals surface area contributed by atoms with Crippen molar-refractivity contribution < 1.29 is 14.3 Å². The summed E-state index contributed by atoms with van der Waals surface area (Å²) in [6, 6.07) is 13.9. The molecule has 1 amide bonds. The number of para-hydroxylation sites is 1. The molecule has 2 aromatic rings. The first-order valence-electron chi connectivity index (χ1n) is 12.3. The van der Waals surface area contributed by atoms with Gasteiger partial charge in [0.15, 0.2) is 5.78 Å². The van der Waals surface area contributed by atoms with E-state index in [2.05, 4.69) is 48.3 Å². The van der Waals surface area contributed by atoms with Crippen molar-refractivity contribution in [3.05, 3.63) is 59.2 Å². The van der Waals surface area contributed by atoms with Crippen molar-refractivity contribution in [3.8, 4) is 5.75 Å². The second-order valence-corrected chi connectivity index (χ2v) is 9.35. The number of nitrogens with one attached hydrogen (secondary N) is 1. The lowest BCUT2D eigenvalue weighted by molar-refractivity contribution is -0.121. The van der Waals surface area contributed by atoms with E-state index >= 15 is 0 Å². The van der Waals surface area contributed by atoms with Crippen LogP contribution in [0.2, 0.25) is 0 Å². The number of carbonyl (C=O) groups excluding carboxylic acids is 2. The van der Waals surface area contributed by atoms with Gasteiger partial charge in [-0.1, -0.05) is 38.1 Å². The van der Waals surface area contributed by atoms with Crippen LogP contribution in [0.15, 0.2) is 42.5 Å². The third-order valence-electron chi connectivity index (χ3n) is 6.14. The van der Waals surface area contributed by atoms with E-state index in [4.69, 9.17) is 4.74 Å². The maximum Gasteiger partial charge on any atom is 0.224 e. The van der Waals surface area contributed by atoms with Crippen molar-refractivity contribution in [3.63, 3.8) is 0 Å². The predicted molar refractivity (Wildman–Crippen MR) is 134 cm³/mol. The van der Waals surface area contributed by atoms with Crippen molar-refractivity contribution >= 4 is 17.4 Å². The molecule has 33 heavy (non-hydrogen) atoms. The fraction of sp³-hybridized carbons (Fsp3) is 0.500. The number of piperidine rings is 1. The number of amides is 1. The van der Waals surface area contributed by atoms with Crippen LogP contribution in [0.5, 0.6) is 5.75 Å². The Balaban J connectivity index is 1.80. The Bertz CT molecular complexity index is 948. The molecule has 1 N–H and O–H groups in total. The number of hydrogen-bond donors (Lipinski definition) is 1. The summed E-state index contributed by atoms with van der Waals surface area (Å²) < 4.78 is 5.65. The number of Topliss-reactive ketones (excluding diaryl/α,β-unsaturated/α-hetero) is 1. The molecule has 0 unspecified atom stereocenters. The molecule has 0 radical (unpaired) electrons. The van der Waals surface area contributed by atoms with Gasteiger partial charge in [0.1, 0.15) is 5.75 Å². The van der Waals surface area contributed by atoms with Crippen LogP contribution in [-0.4, -0.2) is 31.4 Å². The van der Waals surface area contributed by atoms with Gasteiger partial charge >= 0.3 is 0 Å². The first-order chi connectivity index (χ1) is 15.9. The summed E-state index contributed by atoms with van der Waals surface area (Å²) in [4.78, 5) is 27.5. The first kappa shape index (κ1) is 24.8. The summed E-state index contributed by atoms with van der Waals surface area (Å²) in [6.07, 6.45) is 4.85. The third kappa shape index (κ3) is 6.83. The van der Waals surface area contributed by atoms with Crippen LogP contribution in [0.25, 0.3) is 0 Å². The van der Waals surface area contributed by atoms with Gasteiger partial charge in [-0.2, -0.15) is 0 Å². The number of anilines is 1. The molecule has 1 heterocycles. The lowest BCUT2D eigenvalue weighted by Crippen LogP contribution is -2.34. The summed E-state index contributed by atoms with van der Waals surface area (Å²) in [5.41, 5.74) is 3.83. The quantitative estimate of drug-likeness (QED) is 0.470. The van der Waals surface area contributed by atoms with Gasteiger partial charge in [-0.05, 0) is 74.8 Å². The number of hydrogen-bond acceptors (Lipinski definition) is 4. The minimum Gasteiger partial charge on any atom is -0.493 e. The number of rotatable bonds is 10. The predicted octanol–water partition coefficient (Wildman–Crippen LogP) is 5.72. The zero-order valence-electron chi connectivity index (χ0n) is 20.5. The van der Waals surface area contributed by atoms with Crippen LogP contribution >= 0.6 is 0 Å². The highest BCUT2D eigenvalue weighted by Gasteiger charge is 2.23. The summed E-state index contributed by atoms with van der Waals surface area (Å²) in [6.45, 7) is 10.4. The zero-order valence-corrected chi connectivity index (χ0v) is 20.5. The largest absolute Gasteiger partial charge is 0.493 e. The molecule has 0 bridgehead atoms. The Kier molecular flexibility index (Phi) is 8.93. The molecule has 3 rings (SSSR count). The standard InChI is InChI=1S/C28H38N2O3/c1-5-33-27-18-22(13-14-23(27)21(4)31)19-28(32)29-25(17-20(2)3)24-11-7-8-12-26(24)30-15-9-6-10-16-30/h7-8,11-14,18,20,25H,5-6,9-10,15-17,19H2,1-4H3,(H,29,32)/t25-/m0/s1. The number of ketones is 1. The average molecular weight is 451 g/mol. The minimum atomic E-state index is -0.0431. The maximum absolute atomic E-state index is 13.1. The van der Waals surface area contributed by atoms with Crippen molar-refractivity contribution in [2.45, 2.75) is 65.8 Å². The Morgan fingerprint density at radius 2 is 1.79 bits per heavy atom. The van der Waals surface area contributed by atoms with Crippen LogP contribution < -0.4 is 15.0 Å². The number of benzene rings is 2. The Labute approximate surface area is 198 Å². The number of nitrogens with zero attached hydrogens (tertiary/aromatic N) is 1. The zero-order chi connectivity index (χ0) is 23.8. The molecule has 0 spiro atoms. The van der Waals surface area contributed by atoms with Crippen molar-refractivity contribution in [1.29, 1.82) is 0 Å². The molecular weight excluding hydrogens is 412 g/mol. The third-order valence-corrected chi connectivity index (χ3v) is 6.14. The highest BCUT2D eigenvalue weighted by molar-refractivity contribution is 5.97. The normalized spacial score (nSPS) is 14.8.